The van der Waals surface area contributed by atoms with E-state index >= 15 is 0 Å². The number of nitrogen functional groups attached to an aromatic ring is 1. The Hall–Kier alpha value is -2.04. The molecule has 2 aromatic rings. The maximum absolute atomic E-state index is 13.6. The monoisotopic (exact) mass is 235 g/mol. The lowest BCUT2D eigenvalue weighted by molar-refractivity contribution is 0.585. The standard InChI is InChI=1S/C12H11F2N3/c1-6-7(2)12(15)17-16-11(6)9-4-3-8(13)5-10(9)14/h3-5H,1-2H3,(H2,15,17). The van der Waals surface area contributed by atoms with E-state index < -0.39 is 11.6 Å². The molecule has 0 atom stereocenters. The van der Waals surface area contributed by atoms with Gasteiger partial charge in [0, 0.05) is 11.6 Å². The molecule has 2 rings (SSSR count). The first kappa shape index (κ1) is 11.4. The van der Waals surface area contributed by atoms with Crippen molar-refractivity contribution in [3.8, 4) is 11.3 Å². The van der Waals surface area contributed by atoms with Crippen molar-refractivity contribution in [3.63, 3.8) is 0 Å². The molecular weight excluding hydrogens is 224 g/mol. The van der Waals surface area contributed by atoms with E-state index in [-0.39, 0.29) is 5.56 Å². The number of rotatable bonds is 1. The molecule has 0 aliphatic rings. The van der Waals surface area contributed by atoms with E-state index in [1.165, 1.54) is 12.1 Å². The smallest absolute Gasteiger partial charge is 0.149 e. The third kappa shape index (κ3) is 1.95. The van der Waals surface area contributed by atoms with E-state index in [0.29, 0.717) is 11.5 Å². The molecule has 0 aliphatic carbocycles. The fourth-order valence-corrected chi connectivity index (χ4v) is 1.56. The molecule has 0 aliphatic heterocycles. The molecule has 0 fully saturated rings. The molecular formula is C12H11F2N3. The van der Waals surface area contributed by atoms with E-state index in [1.807, 2.05) is 0 Å². The van der Waals surface area contributed by atoms with Gasteiger partial charge in [0.25, 0.3) is 0 Å². The van der Waals surface area contributed by atoms with Gasteiger partial charge in [0.05, 0.1) is 5.69 Å². The maximum Gasteiger partial charge on any atom is 0.149 e. The molecule has 5 heteroatoms. The average molecular weight is 235 g/mol. The quantitative estimate of drug-likeness (QED) is 0.826. The molecule has 0 bridgehead atoms. The summed E-state index contributed by atoms with van der Waals surface area (Å²) >= 11 is 0. The number of nitrogens with two attached hydrogens (primary N) is 1. The lowest BCUT2D eigenvalue weighted by Crippen LogP contribution is -2.03. The number of hydrogen-bond acceptors (Lipinski definition) is 3. The highest BCUT2D eigenvalue weighted by atomic mass is 19.1. The molecule has 0 saturated carbocycles. The van der Waals surface area contributed by atoms with Crippen LogP contribution in [0.4, 0.5) is 14.6 Å². The summed E-state index contributed by atoms with van der Waals surface area (Å²) in [6.45, 7) is 3.56. The molecule has 3 nitrogen and oxygen atoms in total. The molecule has 0 radical (unpaired) electrons. The summed E-state index contributed by atoms with van der Waals surface area (Å²) in [6.07, 6.45) is 0. The first-order valence-electron chi connectivity index (χ1n) is 5.05. The zero-order valence-corrected chi connectivity index (χ0v) is 9.46. The Morgan fingerprint density at radius 2 is 1.76 bits per heavy atom. The number of anilines is 1. The van der Waals surface area contributed by atoms with Crippen LogP contribution >= 0.6 is 0 Å². The summed E-state index contributed by atoms with van der Waals surface area (Å²) in [5.74, 6) is -0.968. The number of benzene rings is 1. The van der Waals surface area contributed by atoms with Crippen molar-refractivity contribution in [2.24, 2.45) is 0 Å². The van der Waals surface area contributed by atoms with E-state index in [1.54, 1.807) is 13.8 Å². The van der Waals surface area contributed by atoms with Crippen molar-refractivity contribution >= 4 is 5.82 Å². The number of hydrogen-bond donors (Lipinski definition) is 1. The van der Waals surface area contributed by atoms with Gasteiger partial charge in [-0.1, -0.05) is 0 Å². The predicted molar refractivity (Wildman–Crippen MR) is 61.3 cm³/mol. The Morgan fingerprint density at radius 1 is 1.06 bits per heavy atom. The molecule has 88 valence electrons. The largest absolute Gasteiger partial charge is 0.382 e. The van der Waals surface area contributed by atoms with Gasteiger partial charge in [0.2, 0.25) is 0 Å². The number of nitrogens with zero attached hydrogens (tertiary/aromatic N) is 2. The number of halogens is 2. The van der Waals surface area contributed by atoms with Gasteiger partial charge in [-0.25, -0.2) is 8.78 Å². The minimum absolute atomic E-state index is 0.222. The van der Waals surface area contributed by atoms with Crippen LogP contribution in [-0.2, 0) is 0 Å². The van der Waals surface area contributed by atoms with Crippen molar-refractivity contribution < 1.29 is 8.78 Å². The van der Waals surface area contributed by atoms with Crippen LogP contribution in [0.25, 0.3) is 11.3 Å². The summed E-state index contributed by atoms with van der Waals surface area (Å²) in [4.78, 5) is 0. The summed E-state index contributed by atoms with van der Waals surface area (Å²) in [5, 5.41) is 7.61. The van der Waals surface area contributed by atoms with Crippen LogP contribution in [0.1, 0.15) is 11.1 Å². The molecule has 2 N–H and O–H groups in total. The van der Waals surface area contributed by atoms with E-state index in [0.717, 1.165) is 17.2 Å². The third-order valence-corrected chi connectivity index (χ3v) is 2.75. The average Bonchev–Trinajstić information content (AvgIpc) is 2.28. The Labute approximate surface area is 97.3 Å². The van der Waals surface area contributed by atoms with Crippen LogP contribution in [0.2, 0.25) is 0 Å². The van der Waals surface area contributed by atoms with Crippen LogP contribution < -0.4 is 5.73 Å². The van der Waals surface area contributed by atoms with Crippen LogP contribution in [-0.4, -0.2) is 10.2 Å². The molecule has 1 aromatic carbocycles. The zero-order chi connectivity index (χ0) is 12.6. The minimum Gasteiger partial charge on any atom is -0.382 e. The highest BCUT2D eigenvalue weighted by Gasteiger charge is 2.13. The van der Waals surface area contributed by atoms with Crippen LogP contribution in [0, 0.1) is 25.5 Å². The van der Waals surface area contributed by atoms with Crippen molar-refractivity contribution in [2.75, 3.05) is 5.73 Å². The van der Waals surface area contributed by atoms with Crippen molar-refractivity contribution in [2.45, 2.75) is 13.8 Å². The Bertz CT molecular complexity index is 582. The fraction of sp³-hybridized carbons (Fsp3) is 0.167. The molecule has 1 aromatic heterocycles. The Kier molecular flexibility index (Phi) is 2.75. The summed E-state index contributed by atoms with van der Waals surface area (Å²) in [5.41, 5.74) is 7.70. The predicted octanol–water partition coefficient (Wildman–Crippen LogP) is 2.62. The third-order valence-electron chi connectivity index (χ3n) is 2.75. The lowest BCUT2D eigenvalue weighted by Gasteiger charge is -2.09. The molecule has 1 heterocycles. The van der Waals surface area contributed by atoms with Crippen LogP contribution in [0.5, 0.6) is 0 Å². The molecule has 0 unspecified atom stereocenters. The van der Waals surface area contributed by atoms with E-state index in [2.05, 4.69) is 10.2 Å². The van der Waals surface area contributed by atoms with Crippen LogP contribution in [0.3, 0.4) is 0 Å². The van der Waals surface area contributed by atoms with E-state index in [4.69, 9.17) is 5.73 Å². The second-order valence-corrected chi connectivity index (χ2v) is 3.81. The first-order valence-corrected chi connectivity index (χ1v) is 5.05. The van der Waals surface area contributed by atoms with Crippen molar-refractivity contribution in [3.05, 3.63) is 41.0 Å². The van der Waals surface area contributed by atoms with Gasteiger partial charge in [-0.05, 0) is 37.1 Å². The minimum atomic E-state index is -0.661. The van der Waals surface area contributed by atoms with Gasteiger partial charge in [0.1, 0.15) is 17.5 Å². The highest BCUT2D eigenvalue weighted by Crippen LogP contribution is 2.27. The summed E-state index contributed by atoms with van der Waals surface area (Å²) in [7, 11) is 0. The zero-order valence-electron chi connectivity index (χ0n) is 9.46. The van der Waals surface area contributed by atoms with E-state index in [9.17, 15) is 8.78 Å². The van der Waals surface area contributed by atoms with Gasteiger partial charge < -0.3 is 5.73 Å². The normalized spacial score (nSPS) is 10.6. The topological polar surface area (TPSA) is 51.8 Å². The lowest BCUT2D eigenvalue weighted by atomic mass is 10.0. The summed E-state index contributed by atoms with van der Waals surface area (Å²) < 4.78 is 26.4. The van der Waals surface area contributed by atoms with Gasteiger partial charge in [-0.3, -0.25) is 0 Å². The second-order valence-electron chi connectivity index (χ2n) is 3.81. The van der Waals surface area contributed by atoms with Gasteiger partial charge >= 0.3 is 0 Å². The maximum atomic E-state index is 13.6. The molecule has 0 saturated heterocycles. The highest BCUT2D eigenvalue weighted by molar-refractivity contribution is 5.66. The number of aromatic nitrogens is 2. The molecule has 0 amide bonds. The fourth-order valence-electron chi connectivity index (χ4n) is 1.56. The van der Waals surface area contributed by atoms with Gasteiger partial charge in [0.15, 0.2) is 0 Å². The van der Waals surface area contributed by atoms with Crippen molar-refractivity contribution in [1.82, 2.24) is 10.2 Å². The SMILES string of the molecule is Cc1c(N)nnc(-c2ccc(F)cc2F)c1C. The molecule has 17 heavy (non-hydrogen) atoms. The van der Waals surface area contributed by atoms with Gasteiger partial charge in [-0.2, -0.15) is 0 Å². The Morgan fingerprint density at radius 3 is 2.41 bits per heavy atom. The van der Waals surface area contributed by atoms with Crippen molar-refractivity contribution in [1.29, 1.82) is 0 Å². The van der Waals surface area contributed by atoms with Crippen LogP contribution in [0.15, 0.2) is 18.2 Å². The second kappa shape index (κ2) is 4.08. The summed E-state index contributed by atoms with van der Waals surface area (Å²) in [6, 6.07) is 3.35. The molecule has 0 spiro atoms. The first-order chi connectivity index (χ1) is 8.00. The Balaban J connectivity index is 2.65. The van der Waals surface area contributed by atoms with Gasteiger partial charge in [-0.15, -0.1) is 10.2 Å².